The Bertz CT molecular complexity index is 329. The molecule has 1 saturated heterocycles. The van der Waals surface area contributed by atoms with Crippen molar-refractivity contribution in [3.05, 3.63) is 35.9 Å². The average molecular weight is 207 g/mol. The van der Waals surface area contributed by atoms with Gasteiger partial charge in [0, 0.05) is 0 Å². The highest BCUT2D eigenvalue weighted by molar-refractivity contribution is 5.87. The topological polar surface area (TPSA) is 66.4 Å². The predicted molar refractivity (Wildman–Crippen MR) is 55.7 cm³/mol. The number of benzene rings is 1. The Hall–Kier alpha value is -1.68. The van der Waals surface area contributed by atoms with Crippen LogP contribution in [0.1, 0.15) is 5.56 Å². The molecule has 0 saturated carbocycles. The molecule has 0 aromatic heterocycles. The maximum absolute atomic E-state index is 10.2. The molecule has 0 unspecified atom stereocenters. The maximum atomic E-state index is 10.2. The molecule has 0 amide bonds. The van der Waals surface area contributed by atoms with E-state index in [1.807, 2.05) is 18.2 Å². The van der Waals surface area contributed by atoms with Crippen molar-refractivity contribution in [2.45, 2.75) is 6.42 Å². The summed E-state index contributed by atoms with van der Waals surface area (Å²) in [6.45, 7) is 1.19. The highest BCUT2D eigenvalue weighted by atomic mass is 16.4. The van der Waals surface area contributed by atoms with Crippen LogP contribution in [-0.2, 0) is 16.0 Å². The Morgan fingerprint density at radius 3 is 2.13 bits per heavy atom. The summed E-state index contributed by atoms with van der Waals surface area (Å²) in [5.41, 5.74) is 0.843. The van der Waals surface area contributed by atoms with Gasteiger partial charge < -0.3 is 10.4 Å². The minimum absolute atomic E-state index is 0.112. The van der Waals surface area contributed by atoms with Crippen molar-refractivity contribution < 1.29 is 14.7 Å². The third-order valence-electron chi connectivity index (χ3n) is 1.84. The number of hydrogen-bond acceptors (Lipinski definition) is 3. The summed E-state index contributed by atoms with van der Waals surface area (Å²) in [5, 5.41) is 11.2. The lowest BCUT2D eigenvalue weighted by Crippen LogP contribution is -2.42. The molecule has 0 bridgehead atoms. The molecule has 2 rings (SSSR count). The predicted octanol–water partition coefficient (Wildman–Crippen LogP) is 0.472. The van der Waals surface area contributed by atoms with E-state index < -0.39 is 5.97 Å². The van der Waals surface area contributed by atoms with E-state index in [2.05, 4.69) is 5.32 Å². The number of aliphatic carboxylic acids is 1. The molecule has 1 aromatic carbocycles. The minimum Gasteiger partial charge on any atom is -0.481 e. The van der Waals surface area contributed by atoms with Gasteiger partial charge in [-0.05, 0) is 5.56 Å². The first-order valence-corrected chi connectivity index (χ1v) is 4.66. The Labute approximate surface area is 87.9 Å². The number of carboxylic acids is 1. The number of carboxylic acid groups (broad SMARTS) is 1. The number of Topliss-reactive ketones (excluding diaryl/α,β-unsaturated/α-hetero) is 1. The molecular weight excluding hydrogens is 194 g/mol. The third kappa shape index (κ3) is 4.93. The second kappa shape index (κ2) is 5.93. The largest absolute Gasteiger partial charge is 0.481 e. The molecule has 4 nitrogen and oxygen atoms in total. The lowest BCUT2D eigenvalue weighted by Gasteiger charge is -2.08. The van der Waals surface area contributed by atoms with Crippen molar-refractivity contribution >= 4 is 11.8 Å². The van der Waals surface area contributed by atoms with E-state index in [0.29, 0.717) is 18.9 Å². The number of rotatable bonds is 2. The summed E-state index contributed by atoms with van der Waals surface area (Å²) in [6, 6.07) is 9.13. The van der Waals surface area contributed by atoms with E-state index >= 15 is 0 Å². The molecule has 80 valence electrons. The number of carbonyl (C=O) groups is 2. The van der Waals surface area contributed by atoms with Crippen LogP contribution in [0.5, 0.6) is 0 Å². The molecule has 0 atom stereocenters. The molecule has 15 heavy (non-hydrogen) atoms. The normalized spacial score (nSPS) is 13.5. The summed E-state index contributed by atoms with van der Waals surface area (Å²) in [6.07, 6.45) is 0.112. The minimum atomic E-state index is -0.786. The zero-order valence-corrected chi connectivity index (χ0v) is 8.27. The van der Waals surface area contributed by atoms with Crippen LogP contribution in [-0.4, -0.2) is 29.9 Å². The Kier molecular flexibility index (Phi) is 4.50. The second-order valence-electron chi connectivity index (χ2n) is 3.20. The van der Waals surface area contributed by atoms with E-state index in [4.69, 9.17) is 5.11 Å². The first kappa shape index (κ1) is 11.4. The molecule has 1 heterocycles. The lowest BCUT2D eigenvalue weighted by molar-refractivity contribution is -0.136. The number of ketones is 1. The van der Waals surface area contributed by atoms with E-state index in [9.17, 15) is 9.59 Å². The standard InChI is InChI=1S/C8H8O2.C3H5NO/c9-8(10)6-7-4-2-1-3-5-7;5-3-1-4-2-3/h1-5H,6H2,(H,9,10);4H,1-2H2. The first-order valence-electron chi connectivity index (χ1n) is 4.66. The quantitative estimate of drug-likeness (QED) is 0.740. The van der Waals surface area contributed by atoms with Crippen LogP contribution >= 0.6 is 0 Å². The van der Waals surface area contributed by atoms with Gasteiger partial charge in [0.15, 0.2) is 5.78 Å². The van der Waals surface area contributed by atoms with Crippen molar-refractivity contribution in [1.82, 2.24) is 5.32 Å². The molecule has 4 heteroatoms. The monoisotopic (exact) mass is 207 g/mol. The fourth-order valence-corrected chi connectivity index (χ4v) is 0.998. The van der Waals surface area contributed by atoms with E-state index in [1.54, 1.807) is 12.1 Å². The van der Waals surface area contributed by atoms with Crippen LogP contribution in [0.4, 0.5) is 0 Å². The van der Waals surface area contributed by atoms with Crippen LogP contribution in [0.15, 0.2) is 30.3 Å². The average Bonchev–Trinajstić information content (AvgIpc) is 2.16. The molecule has 1 aliphatic rings. The van der Waals surface area contributed by atoms with E-state index in [1.165, 1.54) is 0 Å². The van der Waals surface area contributed by atoms with Gasteiger partial charge in [0.2, 0.25) is 0 Å². The van der Waals surface area contributed by atoms with Crippen LogP contribution in [0, 0.1) is 0 Å². The van der Waals surface area contributed by atoms with Crippen LogP contribution < -0.4 is 5.32 Å². The fraction of sp³-hybridized carbons (Fsp3) is 0.273. The zero-order valence-electron chi connectivity index (χ0n) is 8.27. The van der Waals surface area contributed by atoms with Gasteiger partial charge in [-0.15, -0.1) is 0 Å². The number of nitrogens with one attached hydrogen (secondary N) is 1. The molecule has 0 aliphatic carbocycles. The van der Waals surface area contributed by atoms with E-state index in [-0.39, 0.29) is 6.42 Å². The molecule has 1 fully saturated rings. The second-order valence-corrected chi connectivity index (χ2v) is 3.20. The van der Waals surface area contributed by atoms with Gasteiger partial charge >= 0.3 is 5.97 Å². The third-order valence-corrected chi connectivity index (χ3v) is 1.84. The first-order chi connectivity index (χ1) is 7.18. The summed E-state index contributed by atoms with van der Waals surface area (Å²) in [5.74, 6) is -0.462. The summed E-state index contributed by atoms with van der Waals surface area (Å²) in [4.78, 5) is 20.0. The fourth-order valence-electron chi connectivity index (χ4n) is 0.998. The van der Waals surface area contributed by atoms with Gasteiger partial charge in [-0.25, -0.2) is 0 Å². The van der Waals surface area contributed by atoms with Crippen molar-refractivity contribution in [3.63, 3.8) is 0 Å². The maximum Gasteiger partial charge on any atom is 0.307 e. The molecule has 0 spiro atoms. The van der Waals surface area contributed by atoms with Crippen LogP contribution in [0.3, 0.4) is 0 Å². The van der Waals surface area contributed by atoms with Crippen molar-refractivity contribution in [3.8, 4) is 0 Å². The number of carbonyl (C=O) groups excluding carboxylic acids is 1. The van der Waals surface area contributed by atoms with Gasteiger partial charge in [0.25, 0.3) is 0 Å². The van der Waals surface area contributed by atoms with E-state index in [0.717, 1.165) is 5.56 Å². The molecular formula is C11H13NO3. The smallest absolute Gasteiger partial charge is 0.307 e. The lowest BCUT2D eigenvalue weighted by atomic mass is 10.2. The summed E-state index contributed by atoms with van der Waals surface area (Å²) >= 11 is 0. The Morgan fingerprint density at radius 1 is 1.27 bits per heavy atom. The molecule has 1 aliphatic heterocycles. The highest BCUT2D eigenvalue weighted by Gasteiger charge is 2.07. The van der Waals surface area contributed by atoms with Crippen LogP contribution in [0.2, 0.25) is 0 Å². The van der Waals surface area contributed by atoms with Crippen molar-refractivity contribution in [2.75, 3.05) is 13.1 Å². The zero-order chi connectivity index (χ0) is 11.1. The molecule has 1 aromatic rings. The van der Waals surface area contributed by atoms with Crippen molar-refractivity contribution in [1.29, 1.82) is 0 Å². The van der Waals surface area contributed by atoms with Gasteiger partial charge in [0.1, 0.15) is 0 Å². The SMILES string of the molecule is O=C(O)Cc1ccccc1.O=C1CNC1. The van der Waals surface area contributed by atoms with Crippen LogP contribution in [0.25, 0.3) is 0 Å². The Balaban J connectivity index is 0.000000187. The number of hydrogen-bond donors (Lipinski definition) is 2. The van der Waals surface area contributed by atoms with Crippen molar-refractivity contribution in [2.24, 2.45) is 0 Å². The van der Waals surface area contributed by atoms with Gasteiger partial charge in [0.05, 0.1) is 19.5 Å². The highest BCUT2D eigenvalue weighted by Crippen LogP contribution is 1.98. The Morgan fingerprint density at radius 2 is 1.80 bits per heavy atom. The molecule has 0 radical (unpaired) electrons. The summed E-state index contributed by atoms with van der Waals surface area (Å²) in [7, 11) is 0. The van der Waals surface area contributed by atoms with Gasteiger partial charge in [-0.3, -0.25) is 9.59 Å². The summed E-state index contributed by atoms with van der Waals surface area (Å²) < 4.78 is 0. The van der Waals surface area contributed by atoms with Gasteiger partial charge in [-0.2, -0.15) is 0 Å². The van der Waals surface area contributed by atoms with Gasteiger partial charge in [-0.1, -0.05) is 30.3 Å². The molecule has 2 N–H and O–H groups in total.